The van der Waals surface area contributed by atoms with Gasteiger partial charge in [-0.3, -0.25) is 14.4 Å². The van der Waals surface area contributed by atoms with E-state index in [9.17, 15) is 14.4 Å². The van der Waals surface area contributed by atoms with Crippen LogP contribution >= 0.6 is 0 Å². The van der Waals surface area contributed by atoms with E-state index in [1.165, 1.54) is 238 Å². The van der Waals surface area contributed by atoms with Gasteiger partial charge in [0.15, 0.2) is 6.10 Å². The van der Waals surface area contributed by atoms with Crippen LogP contribution in [0.4, 0.5) is 0 Å². The van der Waals surface area contributed by atoms with Crippen molar-refractivity contribution in [3.05, 3.63) is 24.3 Å². The molecule has 0 aliphatic rings. The first-order valence-electron chi connectivity index (χ1n) is 30.8. The predicted octanol–water partition coefficient (Wildman–Crippen LogP) is 20.7. The van der Waals surface area contributed by atoms with E-state index in [-0.39, 0.29) is 31.1 Å². The highest BCUT2D eigenvalue weighted by Crippen LogP contribution is 2.17. The average Bonchev–Trinajstić information content (AvgIpc) is 3.35. The van der Waals surface area contributed by atoms with Crippen LogP contribution < -0.4 is 0 Å². The maximum atomic E-state index is 12.8. The second kappa shape index (κ2) is 58.5. The van der Waals surface area contributed by atoms with E-state index in [0.29, 0.717) is 19.3 Å². The summed E-state index contributed by atoms with van der Waals surface area (Å²) in [7, 11) is 0. The number of allylic oxidation sites excluding steroid dienone is 4. The Morgan fingerprint density at radius 3 is 0.725 bits per heavy atom. The van der Waals surface area contributed by atoms with Crippen LogP contribution in [-0.4, -0.2) is 37.2 Å². The van der Waals surface area contributed by atoms with Gasteiger partial charge < -0.3 is 14.2 Å². The Bertz CT molecular complexity index is 1110. The van der Waals surface area contributed by atoms with Gasteiger partial charge in [0, 0.05) is 19.3 Å². The van der Waals surface area contributed by atoms with E-state index in [1.54, 1.807) is 0 Å². The first-order valence-corrected chi connectivity index (χ1v) is 30.8. The lowest BCUT2D eigenvalue weighted by Gasteiger charge is -2.18. The highest BCUT2D eigenvalue weighted by molar-refractivity contribution is 5.71. The fourth-order valence-electron chi connectivity index (χ4n) is 9.26. The Labute approximate surface area is 430 Å². The average molecular weight is 972 g/mol. The fraction of sp³-hybridized carbons (Fsp3) is 0.889. The highest BCUT2D eigenvalue weighted by Gasteiger charge is 2.19. The number of hydrogen-bond donors (Lipinski definition) is 0. The molecule has 406 valence electrons. The highest BCUT2D eigenvalue weighted by atomic mass is 16.6. The third-order valence-electron chi connectivity index (χ3n) is 13.9. The van der Waals surface area contributed by atoms with Crippen LogP contribution in [0.25, 0.3) is 0 Å². The summed E-state index contributed by atoms with van der Waals surface area (Å²) in [5.41, 5.74) is 0. The molecule has 0 heterocycles. The number of rotatable bonds is 57. The molecule has 0 spiro atoms. The third kappa shape index (κ3) is 56.7. The molecule has 0 radical (unpaired) electrons. The second-order valence-corrected chi connectivity index (χ2v) is 21.0. The molecule has 0 fully saturated rings. The van der Waals surface area contributed by atoms with Crippen molar-refractivity contribution in [1.29, 1.82) is 0 Å². The number of unbranched alkanes of at least 4 members (excludes halogenated alkanes) is 42. The van der Waals surface area contributed by atoms with Crippen molar-refractivity contribution in [2.45, 2.75) is 348 Å². The van der Waals surface area contributed by atoms with Crippen LogP contribution in [-0.2, 0) is 28.6 Å². The first kappa shape index (κ1) is 66.9. The summed E-state index contributed by atoms with van der Waals surface area (Å²) in [5.74, 6) is -0.866. The van der Waals surface area contributed by atoms with Crippen molar-refractivity contribution in [1.82, 2.24) is 0 Å². The molecule has 6 heteroatoms. The van der Waals surface area contributed by atoms with E-state index in [4.69, 9.17) is 14.2 Å². The Balaban J connectivity index is 4.01. The third-order valence-corrected chi connectivity index (χ3v) is 13.9. The van der Waals surface area contributed by atoms with Crippen molar-refractivity contribution >= 4 is 17.9 Å². The van der Waals surface area contributed by atoms with E-state index in [2.05, 4.69) is 45.1 Å². The zero-order chi connectivity index (χ0) is 50.0. The lowest BCUT2D eigenvalue weighted by molar-refractivity contribution is -0.167. The summed E-state index contributed by atoms with van der Waals surface area (Å²) in [4.78, 5) is 37.9. The van der Waals surface area contributed by atoms with Gasteiger partial charge in [-0.05, 0) is 70.6 Å². The molecule has 0 aromatic carbocycles. The maximum Gasteiger partial charge on any atom is 0.306 e. The van der Waals surface area contributed by atoms with Crippen LogP contribution in [0.15, 0.2) is 24.3 Å². The molecule has 0 rings (SSSR count). The Hall–Kier alpha value is -2.11. The maximum absolute atomic E-state index is 12.8. The Morgan fingerprint density at radius 1 is 0.275 bits per heavy atom. The SMILES string of the molecule is CCCCCCCC/C=C\CCCCCCCC(=O)OC(COC(=O)CCCCCCCCC)COC(=O)CCCCCCCCCCCCCCCCCCC/C=C\CCCCCCCCCC. The van der Waals surface area contributed by atoms with Crippen molar-refractivity contribution in [3.63, 3.8) is 0 Å². The molecule has 0 aromatic heterocycles. The van der Waals surface area contributed by atoms with Crippen LogP contribution in [0.5, 0.6) is 0 Å². The predicted molar refractivity (Wildman–Crippen MR) is 298 cm³/mol. The number of carbonyl (C=O) groups excluding carboxylic acids is 3. The minimum absolute atomic E-state index is 0.0700. The molecular formula is C63H118O6. The summed E-state index contributed by atoms with van der Waals surface area (Å²) in [6, 6.07) is 0. The van der Waals surface area contributed by atoms with Crippen LogP contribution in [0, 0.1) is 0 Å². The molecule has 0 aliphatic heterocycles. The van der Waals surface area contributed by atoms with Crippen LogP contribution in [0.2, 0.25) is 0 Å². The van der Waals surface area contributed by atoms with Crippen LogP contribution in [0.1, 0.15) is 342 Å². The molecule has 0 saturated carbocycles. The molecule has 0 aromatic rings. The van der Waals surface area contributed by atoms with Gasteiger partial charge in [0.05, 0.1) is 0 Å². The smallest absolute Gasteiger partial charge is 0.306 e. The monoisotopic (exact) mass is 971 g/mol. The van der Waals surface area contributed by atoms with Gasteiger partial charge in [-0.2, -0.15) is 0 Å². The Kier molecular flexibility index (Phi) is 56.7. The minimum Gasteiger partial charge on any atom is -0.462 e. The largest absolute Gasteiger partial charge is 0.462 e. The first-order chi connectivity index (χ1) is 34.0. The quantitative estimate of drug-likeness (QED) is 0.0261. The van der Waals surface area contributed by atoms with Gasteiger partial charge in [0.25, 0.3) is 0 Å². The normalized spacial score (nSPS) is 12.1. The minimum atomic E-state index is -0.769. The van der Waals surface area contributed by atoms with Crippen molar-refractivity contribution < 1.29 is 28.6 Å². The van der Waals surface area contributed by atoms with Gasteiger partial charge in [0.2, 0.25) is 0 Å². The molecule has 0 amide bonds. The van der Waals surface area contributed by atoms with Crippen LogP contribution in [0.3, 0.4) is 0 Å². The van der Waals surface area contributed by atoms with E-state index in [0.717, 1.165) is 64.2 Å². The molecule has 0 bridgehead atoms. The van der Waals surface area contributed by atoms with Crippen molar-refractivity contribution in [2.24, 2.45) is 0 Å². The van der Waals surface area contributed by atoms with Crippen molar-refractivity contribution in [3.8, 4) is 0 Å². The zero-order valence-electron chi connectivity index (χ0n) is 46.6. The number of carbonyl (C=O) groups is 3. The molecule has 1 unspecified atom stereocenters. The summed E-state index contributed by atoms with van der Waals surface area (Å²) in [5, 5.41) is 0. The van der Waals surface area contributed by atoms with E-state index < -0.39 is 6.10 Å². The Morgan fingerprint density at radius 2 is 0.478 bits per heavy atom. The summed E-state index contributed by atoms with van der Waals surface area (Å²) in [6.45, 7) is 6.63. The summed E-state index contributed by atoms with van der Waals surface area (Å²) < 4.78 is 16.8. The number of ether oxygens (including phenoxy) is 3. The van der Waals surface area contributed by atoms with E-state index >= 15 is 0 Å². The second-order valence-electron chi connectivity index (χ2n) is 21.0. The van der Waals surface area contributed by atoms with Crippen molar-refractivity contribution in [2.75, 3.05) is 13.2 Å². The van der Waals surface area contributed by atoms with E-state index in [1.807, 2.05) is 0 Å². The fourth-order valence-corrected chi connectivity index (χ4v) is 9.26. The molecular weight excluding hydrogens is 853 g/mol. The topological polar surface area (TPSA) is 78.9 Å². The molecule has 0 aliphatic carbocycles. The zero-order valence-corrected chi connectivity index (χ0v) is 46.6. The summed E-state index contributed by atoms with van der Waals surface area (Å²) in [6.07, 6.45) is 69.3. The lowest BCUT2D eigenvalue weighted by Crippen LogP contribution is -2.30. The van der Waals surface area contributed by atoms with Gasteiger partial charge >= 0.3 is 17.9 Å². The number of esters is 3. The summed E-state index contributed by atoms with van der Waals surface area (Å²) >= 11 is 0. The lowest BCUT2D eigenvalue weighted by atomic mass is 10.0. The molecule has 69 heavy (non-hydrogen) atoms. The molecule has 0 N–H and O–H groups in total. The molecule has 6 nitrogen and oxygen atoms in total. The van der Waals surface area contributed by atoms with Gasteiger partial charge in [-0.25, -0.2) is 0 Å². The molecule has 1 atom stereocenters. The number of hydrogen-bond acceptors (Lipinski definition) is 6. The van der Waals surface area contributed by atoms with Gasteiger partial charge in [0.1, 0.15) is 13.2 Å². The standard InChI is InChI=1S/C63H118O6/c1-4-7-10-13-16-18-20-22-24-25-26-27-28-29-30-31-32-33-34-35-36-37-39-40-42-44-47-50-53-56-62(65)68-59-60(58-67-61(64)55-52-49-46-15-12-9-6-3)69-63(66)57-54-51-48-45-43-41-38-23-21-19-17-14-11-8-5-2/h23,25-26,38,60H,4-22,24,27-37,39-59H2,1-3H3/b26-25-,38-23-. The van der Waals surface area contributed by atoms with Gasteiger partial charge in [-0.15, -0.1) is 0 Å². The molecule has 0 saturated heterocycles. The van der Waals surface area contributed by atoms with Gasteiger partial charge in [-0.1, -0.05) is 276 Å².